The zero-order chi connectivity index (χ0) is 12.2. The summed E-state index contributed by atoms with van der Waals surface area (Å²) in [6.07, 6.45) is 3.62. The fraction of sp³-hybridized carbons (Fsp3) is 0.750. The van der Waals surface area contributed by atoms with Gasteiger partial charge in [0.1, 0.15) is 0 Å². The fourth-order valence-corrected chi connectivity index (χ4v) is 1.72. The normalized spacial score (nSPS) is 20.2. The highest BCUT2D eigenvalue weighted by Crippen LogP contribution is 2.16. The van der Waals surface area contributed by atoms with Crippen LogP contribution in [0.25, 0.3) is 0 Å². The molecule has 0 fully saturated rings. The van der Waals surface area contributed by atoms with Gasteiger partial charge < -0.3 is 15.4 Å². The third-order valence-corrected chi connectivity index (χ3v) is 3.14. The molecule has 0 aromatic rings. The van der Waals surface area contributed by atoms with E-state index in [0.717, 1.165) is 13.0 Å². The average molecular weight is 226 g/mol. The molecule has 1 heterocycles. The van der Waals surface area contributed by atoms with E-state index >= 15 is 0 Å². The van der Waals surface area contributed by atoms with Crippen LogP contribution in [0.5, 0.6) is 0 Å². The van der Waals surface area contributed by atoms with Crippen molar-refractivity contribution in [1.29, 1.82) is 0 Å². The van der Waals surface area contributed by atoms with E-state index < -0.39 is 5.54 Å². The van der Waals surface area contributed by atoms with Gasteiger partial charge in [-0.05, 0) is 25.3 Å². The molecule has 1 rings (SSSR count). The lowest BCUT2D eigenvalue weighted by Gasteiger charge is -2.33. The van der Waals surface area contributed by atoms with Crippen molar-refractivity contribution in [3.05, 3.63) is 11.6 Å². The minimum atomic E-state index is -0.730. The van der Waals surface area contributed by atoms with Crippen molar-refractivity contribution in [3.63, 3.8) is 0 Å². The Morgan fingerprint density at radius 2 is 2.38 bits per heavy atom. The summed E-state index contributed by atoms with van der Waals surface area (Å²) in [5.41, 5.74) is 6.48. The number of carbonyl (C=O) groups is 1. The molecular formula is C12H22N2O2. The third kappa shape index (κ3) is 3.06. The van der Waals surface area contributed by atoms with Gasteiger partial charge in [0.2, 0.25) is 5.91 Å². The molecule has 1 aliphatic heterocycles. The predicted molar refractivity (Wildman–Crippen MR) is 64.0 cm³/mol. The Hall–Kier alpha value is -0.870. The van der Waals surface area contributed by atoms with E-state index in [1.165, 1.54) is 5.57 Å². The number of methoxy groups -OCH3 is 1. The maximum absolute atomic E-state index is 12.1. The molecule has 0 aromatic heterocycles. The Bertz CT molecular complexity index is 285. The lowest BCUT2D eigenvalue weighted by molar-refractivity contribution is -0.136. The van der Waals surface area contributed by atoms with Gasteiger partial charge in [-0.25, -0.2) is 0 Å². The predicted octanol–water partition coefficient (Wildman–Crippen LogP) is 0.919. The molecule has 0 spiro atoms. The first-order chi connectivity index (χ1) is 7.51. The quantitative estimate of drug-likeness (QED) is 0.725. The topological polar surface area (TPSA) is 55.6 Å². The van der Waals surface area contributed by atoms with Crippen LogP contribution in [0.2, 0.25) is 0 Å². The van der Waals surface area contributed by atoms with Gasteiger partial charge in [0, 0.05) is 20.2 Å². The van der Waals surface area contributed by atoms with Crippen LogP contribution in [0.15, 0.2) is 11.6 Å². The third-order valence-electron chi connectivity index (χ3n) is 3.14. The summed E-state index contributed by atoms with van der Waals surface area (Å²) in [4.78, 5) is 13.9. The van der Waals surface area contributed by atoms with Crippen LogP contribution in [0.4, 0.5) is 0 Å². The van der Waals surface area contributed by atoms with E-state index in [-0.39, 0.29) is 5.91 Å². The summed E-state index contributed by atoms with van der Waals surface area (Å²) in [5, 5.41) is 0. The number of nitrogens with two attached hydrogens (primary N) is 1. The minimum absolute atomic E-state index is 0.0442. The van der Waals surface area contributed by atoms with Gasteiger partial charge in [0.25, 0.3) is 0 Å². The Kier molecular flexibility index (Phi) is 4.50. The number of carbonyl (C=O) groups excluding carboxylic acids is 1. The van der Waals surface area contributed by atoms with Crippen molar-refractivity contribution in [2.24, 2.45) is 5.73 Å². The van der Waals surface area contributed by atoms with Crippen LogP contribution in [0, 0.1) is 0 Å². The SMILES string of the molecule is CCC(C)(N)C(=O)N1CC=C(COC)CC1. The minimum Gasteiger partial charge on any atom is -0.380 e. The molecule has 2 N–H and O–H groups in total. The summed E-state index contributed by atoms with van der Waals surface area (Å²) in [6.45, 7) is 5.80. The Morgan fingerprint density at radius 3 is 2.81 bits per heavy atom. The van der Waals surface area contributed by atoms with E-state index in [4.69, 9.17) is 10.5 Å². The van der Waals surface area contributed by atoms with E-state index in [1.807, 2.05) is 11.8 Å². The summed E-state index contributed by atoms with van der Waals surface area (Å²) >= 11 is 0. The summed E-state index contributed by atoms with van der Waals surface area (Å²) in [7, 11) is 1.69. The highest BCUT2D eigenvalue weighted by Gasteiger charge is 2.31. The molecule has 1 unspecified atom stereocenters. The van der Waals surface area contributed by atoms with Gasteiger partial charge >= 0.3 is 0 Å². The Labute approximate surface area is 97.4 Å². The molecule has 92 valence electrons. The van der Waals surface area contributed by atoms with E-state index in [9.17, 15) is 4.79 Å². The molecule has 1 aliphatic rings. The van der Waals surface area contributed by atoms with Crippen molar-refractivity contribution in [3.8, 4) is 0 Å². The second-order valence-corrected chi connectivity index (χ2v) is 4.57. The molecular weight excluding hydrogens is 204 g/mol. The molecule has 4 nitrogen and oxygen atoms in total. The van der Waals surface area contributed by atoms with Crippen LogP contribution >= 0.6 is 0 Å². The number of ether oxygens (including phenoxy) is 1. The van der Waals surface area contributed by atoms with Crippen molar-refractivity contribution < 1.29 is 9.53 Å². The molecule has 1 amide bonds. The Morgan fingerprint density at radius 1 is 1.69 bits per heavy atom. The molecule has 0 saturated heterocycles. The van der Waals surface area contributed by atoms with Crippen molar-refractivity contribution in [2.75, 3.05) is 26.8 Å². The average Bonchev–Trinajstić information content (AvgIpc) is 2.29. The van der Waals surface area contributed by atoms with Gasteiger partial charge in [-0.3, -0.25) is 4.79 Å². The van der Waals surface area contributed by atoms with E-state index in [2.05, 4.69) is 6.08 Å². The fourth-order valence-electron chi connectivity index (χ4n) is 1.72. The van der Waals surface area contributed by atoms with Crippen LogP contribution < -0.4 is 5.73 Å². The van der Waals surface area contributed by atoms with Gasteiger partial charge in [0.15, 0.2) is 0 Å². The molecule has 0 aliphatic carbocycles. The van der Waals surface area contributed by atoms with Gasteiger partial charge in [-0.1, -0.05) is 13.0 Å². The number of nitrogens with zero attached hydrogens (tertiary/aromatic N) is 1. The number of hydrogen-bond donors (Lipinski definition) is 1. The second kappa shape index (κ2) is 5.46. The van der Waals surface area contributed by atoms with Crippen LogP contribution in [0.3, 0.4) is 0 Å². The number of rotatable bonds is 4. The number of amides is 1. The van der Waals surface area contributed by atoms with Crippen molar-refractivity contribution in [1.82, 2.24) is 4.90 Å². The highest BCUT2D eigenvalue weighted by molar-refractivity contribution is 5.85. The first kappa shape index (κ1) is 13.2. The van der Waals surface area contributed by atoms with Crippen LogP contribution in [-0.2, 0) is 9.53 Å². The lowest BCUT2D eigenvalue weighted by Crippen LogP contribution is -2.53. The smallest absolute Gasteiger partial charge is 0.242 e. The molecule has 0 saturated carbocycles. The van der Waals surface area contributed by atoms with Gasteiger partial charge in [-0.2, -0.15) is 0 Å². The lowest BCUT2D eigenvalue weighted by atomic mass is 9.97. The standard InChI is InChI=1S/C12H22N2O2/c1-4-12(2,13)11(15)14-7-5-10(6-8-14)9-16-3/h5H,4,6-9,13H2,1-3H3. The maximum Gasteiger partial charge on any atom is 0.242 e. The first-order valence-corrected chi connectivity index (χ1v) is 5.76. The largest absolute Gasteiger partial charge is 0.380 e. The molecule has 16 heavy (non-hydrogen) atoms. The van der Waals surface area contributed by atoms with Crippen LogP contribution in [0.1, 0.15) is 26.7 Å². The summed E-state index contributed by atoms with van der Waals surface area (Å²) in [6, 6.07) is 0. The van der Waals surface area contributed by atoms with Gasteiger partial charge in [0.05, 0.1) is 12.1 Å². The van der Waals surface area contributed by atoms with Crippen LogP contribution in [-0.4, -0.2) is 43.2 Å². The van der Waals surface area contributed by atoms with Gasteiger partial charge in [-0.15, -0.1) is 0 Å². The van der Waals surface area contributed by atoms with E-state index in [1.54, 1.807) is 14.0 Å². The Balaban J connectivity index is 2.57. The summed E-state index contributed by atoms with van der Waals surface area (Å²) < 4.78 is 5.07. The molecule has 0 radical (unpaired) electrons. The second-order valence-electron chi connectivity index (χ2n) is 4.57. The number of hydrogen-bond acceptors (Lipinski definition) is 3. The monoisotopic (exact) mass is 226 g/mol. The highest BCUT2D eigenvalue weighted by atomic mass is 16.5. The zero-order valence-corrected chi connectivity index (χ0v) is 10.5. The van der Waals surface area contributed by atoms with Crippen molar-refractivity contribution >= 4 is 5.91 Å². The molecule has 4 heteroatoms. The molecule has 0 bridgehead atoms. The zero-order valence-electron chi connectivity index (χ0n) is 10.5. The summed E-state index contributed by atoms with van der Waals surface area (Å²) in [5.74, 6) is 0.0442. The molecule has 1 atom stereocenters. The molecule has 0 aromatic carbocycles. The van der Waals surface area contributed by atoms with Crippen molar-refractivity contribution in [2.45, 2.75) is 32.2 Å². The first-order valence-electron chi connectivity index (χ1n) is 5.76. The maximum atomic E-state index is 12.1. The van der Waals surface area contributed by atoms with E-state index in [0.29, 0.717) is 19.6 Å².